The Bertz CT molecular complexity index is 381. The molecule has 0 radical (unpaired) electrons. The summed E-state index contributed by atoms with van der Waals surface area (Å²) in [6.45, 7) is 2.01. The third kappa shape index (κ3) is 2.34. The highest BCUT2D eigenvalue weighted by Gasteiger charge is 2.51. The van der Waals surface area contributed by atoms with E-state index in [1.54, 1.807) is 0 Å². The molecule has 0 N–H and O–H groups in total. The molecule has 0 aromatic heterocycles. The SMILES string of the molecule is C[C@]1(C#N)CC1CC1CCS(=O)(=O)CC1. The van der Waals surface area contributed by atoms with Gasteiger partial charge in [0, 0.05) is 0 Å². The Morgan fingerprint density at radius 1 is 1.40 bits per heavy atom. The van der Waals surface area contributed by atoms with Crippen molar-refractivity contribution < 1.29 is 8.42 Å². The molecule has 1 unspecified atom stereocenters. The fourth-order valence-corrected chi connectivity index (χ4v) is 4.10. The van der Waals surface area contributed by atoms with E-state index >= 15 is 0 Å². The maximum Gasteiger partial charge on any atom is 0.150 e. The predicted octanol–water partition coefficient (Wildman–Crippen LogP) is 1.75. The molecule has 1 saturated heterocycles. The highest BCUT2D eigenvalue weighted by Crippen LogP contribution is 2.55. The Morgan fingerprint density at radius 2 is 2.00 bits per heavy atom. The second kappa shape index (κ2) is 3.48. The number of nitriles is 1. The third-order valence-corrected chi connectivity index (χ3v) is 5.67. The van der Waals surface area contributed by atoms with E-state index in [2.05, 4.69) is 6.07 Å². The first kappa shape index (κ1) is 10.9. The first-order valence-corrected chi connectivity index (χ1v) is 7.39. The fraction of sp³-hybridized carbons (Fsp3) is 0.909. The van der Waals surface area contributed by atoms with Crippen LogP contribution in [-0.4, -0.2) is 19.9 Å². The Balaban J connectivity index is 1.82. The molecular formula is C11H17NO2S. The maximum absolute atomic E-state index is 11.2. The van der Waals surface area contributed by atoms with Crippen LogP contribution in [-0.2, 0) is 9.84 Å². The monoisotopic (exact) mass is 227 g/mol. The predicted molar refractivity (Wildman–Crippen MR) is 57.8 cm³/mol. The van der Waals surface area contributed by atoms with E-state index < -0.39 is 9.84 Å². The van der Waals surface area contributed by atoms with Gasteiger partial charge in [-0.2, -0.15) is 5.26 Å². The lowest BCUT2D eigenvalue weighted by atomic mass is 9.93. The van der Waals surface area contributed by atoms with Crippen LogP contribution in [0.3, 0.4) is 0 Å². The summed E-state index contributed by atoms with van der Waals surface area (Å²) in [5, 5.41) is 8.90. The number of nitrogens with zero attached hydrogens (tertiary/aromatic N) is 1. The zero-order chi connectivity index (χ0) is 11.1. The van der Waals surface area contributed by atoms with Gasteiger partial charge in [-0.1, -0.05) is 0 Å². The van der Waals surface area contributed by atoms with Crippen LogP contribution < -0.4 is 0 Å². The van der Waals surface area contributed by atoms with E-state index in [0.717, 1.165) is 25.7 Å². The second-order valence-electron chi connectivity index (χ2n) is 5.26. The van der Waals surface area contributed by atoms with Crippen molar-refractivity contribution in [1.29, 1.82) is 5.26 Å². The summed E-state index contributed by atoms with van der Waals surface area (Å²) in [6.07, 6.45) is 3.67. The number of sulfone groups is 1. The van der Waals surface area contributed by atoms with Crippen molar-refractivity contribution in [3.8, 4) is 6.07 Å². The van der Waals surface area contributed by atoms with Crippen molar-refractivity contribution in [3.05, 3.63) is 0 Å². The molecule has 84 valence electrons. The van der Waals surface area contributed by atoms with Gasteiger partial charge in [0.05, 0.1) is 23.0 Å². The highest BCUT2D eigenvalue weighted by molar-refractivity contribution is 7.91. The van der Waals surface area contributed by atoms with Crippen LogP contribution in [0.4, 0.5) is 0 Å². The zero-order valence-corrected chi connectivity index (χ0v) is 9.89. The van der Waals surface area contributed by atoms with Crippen LogP contribution in [0.2, 0.25) is 0 Å². The molecule has 0 amide bonds. The molecule has 3 nitrogen and oxygen atoms in total. The zero-order valence-electron chi connectivity index (χ0n) is 9.07. The standard InChI is InChI=1S/C11H17NO2S/c1-11(8-12)7-10(11)6-9-2-4-15(13,14)5-3-9/h9-10H,2-7H2,1H3/t10?,11-/m1/s1. The van der Waals surface area contributed by atoms with Crippen molar-refractivity contribution in [1.82, 2.24) is 0 Å². The van der Waals surface area contributed by atoms with Gasteiger partial charge in [-0.15, -0.1) is 0 Å². The summed E-state index contributed by atoms with van der Waals surface area (Å²) in [5.74, 6) is 1.77. The van der Waals surface area contributed by atoms with Gasteiger partial charge in [0.1, 0.15) is 9.84 Å². The number of hydrogen-bond acceptors (Lipinski definition) is 3. The summed E-state index contributed by atoms with van der Waals surface area (Å²) < 4.78 is 22.5. The molecule has 1 aliphatic carbocycles. The van der Waals surface area contributed by atoms with Gasteiger partial charge in [0.15, 0.2) is 0 Å². The first-order valence-electron chi connectivity index (χ1n) is 5.57. The Morgan fingerprint density at radius 3 is 2.47 bits per heavy atom. The van der Waals surface area contributed by atoms with Crippen LogP contribution in [0.5, 0.6) is 0 Å². The van der Waals surface area contributed by atoms with Crippen molar-refractivity contribution in [3.63, 3.8) is 0 Å². The first-order chi connectivity index (χ1) is 6.95. The molecule has 15 heavy (non-hydrogen) atoms. The van der Waals surface area contributed by atoms with Gasteiger partial charge in [0.2, 0.25) is 0 Å². The molecular weight excluding hydrogens is 210 g/mol. The lowest BCUT2D eigenvalue weighted by molar-refractivity contribution is 0.394. The Kier molecular flexibility index (Phi) is 2.54. The van der Waals surface area contributed by atoms with Crippen LogP contribution >= 0.6 is 0 Å². The van der Waals surface area contributed by atoms with E-state index in [4.69, 9.17) is 5.26 Å². The molecule has 0 aromatic rings. The van der Waals surface area contributed by atoms with Gasteiger partial charge in [-0.25, -0.2) is 8.42 Å². The number of hydrogen-bond donors (Lipinski definition) is 0. The summed E-state index contributed by atoms with van der Waals surface area (Å²) >= 11 is 0. The quantitative estimate of drug-likeness (QED) is 0.722. The van der Waals surface area contributed by atoms with Crippen LogP contribution in [0, 0.1) is 28.6 Å². The minimum Gasteiger partial charge on any atom is -0.229 e. The van der Waals surface area contributed by atoms with E-state index in [1.807, 2.05) is 6.92 Å². The van der Waals surface area contributed by atoms with E-state index in [0.29, 0.717) is 23.3 Å². The Labute approximate surface area is 91.4 Å². The molecule has 2 rings (SSSR count). The van der Waals surface area contributed by atoms with Crippen molar-refractivity contribution >= 4 is 9.84 Å². The Hall–Kier alpha value is -0.560. The van der Waals surface area contributed by atoms with Gasteiger partial charge in [-0.05, 0) is 44.4 Å². The average molecular weight is 227 g/mol. The molecule has 4 heteroatoms. The third-order valence-electron chi connectivity index (χ3n) is 3.96. The average Bonchev–Trinajstić information content (AvgIpc) is 2.82. The van der Waals surface area contributed by atoms with Crippen LogP contribution in [0.15, 0.2) is 0 Å². The minimum absolute atomic E-state index is 0.101. The summed E-state index contributed by atoms with van der Waals surface area (Å²) in [6, 6.07) is 2.35. The van der Waals surface area contributed by atoms with Gasteiger partial charge < -0.3 is 0 Å². The van der Waals surface area contributed by atoms with Crippen molar-refractivity contribution in [2.45, 2.75) is 32.6 Å². The molecule has 0 bridgehead atoms. The maximum atomic E-state index is 11.2. The summed E-state index contributed by atoms with van der Waals surface area (Å²) in [7, 11) is -2.73. The van der Waals surface area contributed by atoms with E-state index in [-0.39, 0.29) is 5.41 Å². The normalized spacial score (nSPS) is 39.6. The van der Waals surface area contributed by atoms with Crippen LogP contribution in [0.25, 0.3) is 0 Å². The highest BCUT2D eigenvalue weighted by atomic mass is 32.2. The fourth-order valence-electron chi connectivity index (χ4n) is 2.51. The smallest absolute Gasteiger partial charge is 0.150 e. The largest absolute Gasteiger partial charge is 0.229 e. The molecule has 1 aliphatic heterocycles. The van der Waals surface area contributed by atoms with Crippen LogP contribution in [0.1, 0.15) is 32.6 Å². The summed E-state index contributed by atoms with van der Waals surface area (Å²) in [4.78, 5) is 0. The lowest BCUT2D eigenvalue weighted by Gasteiger charge is -2.21. The van der Waals surface area contributed by atoms with Crippen molar-refractivity contribution in [2.75, 3.05) is 11.5 Å². The molecule has 1 heterocycles. The molecule has 0 aromatic carbocycles. The number of rotatable bonds is 2. The molecule has 2 aliphatic rings. The molecule has 2 fully saturated rings. The van der Waals surface area contributed by atoms with Crippen molar-refractivity contribution in [2.24, 2.45) is 17.3 Å². The summed E-state index contributed by atoms with van der Waals surface area (Å²) in [5.41, 5.74) is -0.101. The second-order valence-corrected chi connectivity index (χ2v) is 7.56. The minimum atomic E-state index is -2.73. The van der Waals surface area contributed by atoms with Gasteiger partial charge in [0.25, 0.3) is 0 Å². The lowest BCUT2D eigenvalue weighted by Crippen LogP contribution is -2.23. The van der Waals surface area contributed by atoms with E-state index in [9.17, 15) is 8.42 Å². The molecule has 2 atom stereocenters. The van der Waals surface area contributed by atoms with E-state index in [1.165, 1.54) is 0 Å². The topological polar surface area (TPSA) is 57.9 Å². The van der Waals surface area contributed by atoms with Gasteiger partial charge >= 0.3 is 0 Å². The molecule has 0 spiro atoms. The molecule has 1 saturated carbocycles. The van der Waals surface area contributed by atoms with Gasteiger partial charge in [-0.3, -0.25) is 0 Å².